The van der Waals surface area contributed by atoms with Gasteiger partial charge in [0.15, 0.2) is 0 Å². The van der Waals surface area contributed by atoms with E-state index in [1.165, 1.54) is 37.9 Å². The zero-order chi connectivity index (χ0) is 13.5. The van der Waals surface area contributed by atoms with Crippen molar-refractivity contribution in [3.05, 3.63) is 35.9 Å². The fourth-order valence-corrected chi connectivity index (χ4v) is 2.71. The van der Waals surface area contributed by atoms with Crippen molar-refractivity contribution in [3.63, 3.8) is 0 Å². The van der Waals surface area contributed by atoms with Gasteiger partial charge in [0.1, 0.15) is 0 Å². The maximum atomic E-state index is 3.54. The second kappa shape index (κ2) is 7.66. The fourth-order valence-electron chi connectivity index (χ4n) is 2.71. The molecule has 0 aliphatic heterocycles. The number of nitrogens with one attached hydrogen (secondary N) is 1. The van der Waals surface area contributed by atoms with Crippen molar-refractivity contribution in [1.29, 1.82) is 0 Å². The SMILES string of the molecule is CCCN(CC1CC1)C(CNCC)c1ccccc1. The van der Waals surface area contributed by atoms with Crippen LogP contribution >= 0.6 is 0 Å². The Bertz CT molecular complexity index is 346. The molecule has 2 nitrogen and oxygen atoms in total. The van der Waals surface area contributed by atoms with Gasteiger partial charge >= 0.3 is 0 Å². The molecule has 0 amide bonds. The summed E-state index contributed by atoms with van der Waals surface area (Å²) in [6.07, 6.45) is 4.11. The smallest absolute Gasteiger partial charge is 0.0472 e. The molecule has 0 heterocycles. The standard InChI is InChI=1S/C17H28N2/c1-3-12-19(14-15-10-11-15)17(13-18-4-2)16-8-6-5-7-9-16/h5-9,15,17-18H,3-4,10-14H2,1-2H3. The topological polar surface area (TPSA) is 15.3 Å². The highest BCUT2D eigenvalue weighted by atomic mass is 15.2. The zero-order valence-electron chi connectivity index (χ0n) is 12.4. The Morgan fingerprint density at radius 1 is 1.21 bits per heavy atom. The first-order chi connectivity index (χ1) is 9.35. The van der Waals surface area contributed by atoms with Gasteiger partial charge in [0.05, 0.1) is 0 Å². The molecule has 2 heteroatoms. The van der Waals surface area contributed by atoms with Gasteiger partial charge in [0.25, 0.3) is 0 Å². The lowest BCUT2D eigenvalue weighted by Gasteiger charge is -2.32. The van der Waals surface area contributed by atoms with E-state index in [-0.39, 0.29) is 0 Å². The Morgan fingerprint density at radius 3 is 2.53 bits per heavy atom. The molecule has 1 aromatic rings. The monoisotopic (exact) mass is 260 g/mol. The summed E-state index contributed by atoms with van der Waals surface area (Å²) < 4.78 is 0. The van der Waals surface area contributed by atoms with Crippen molar-refractivity contribution in [1.82, 2.24) is 10.2 Å². The summed E-state index contributed by atoms with van der Waals surface area (Å²) in [7, 11) is 0. The van der Waals surface area contributed by atoms with E-state index in [2.05, 4.69) is 54.4 Å². The molecule has 1 fully saturated rings. The van der Waals surface area contributed by atoms with Gasteiger partial charge in [-0.25, -0.2) is 0 Å². The highest BCUT2D eigenvalue weighted by Gasteiger charge is 2.28. The lowest BCUT2D eigenvalue weighted by molar-refractivity contribution is 0.185. The zero-order valence-corrected chi connectivity index (χ0v) is 12.4. The number of likely N-dealkylation sites (N-methyl/N-ethyl adjacent to an activating group) is 1. The maximum Gasteiger partial charge on any atom is 0.0472 e. The molecule has 2 rings (SSSR count). The van der Waals surface area contributed by atoms with Crippen LogP contribution in [0.25, 0.3) is 0 Å². The van der Waals surface area contributed by atoms with Gasteiger partial charge in [-0.05, 0) is 43.8 Å². The van der Waals surface area contributed by atoms with Gasteiger partial charge in [-0.1, -0.05) is 44.2 Å². The molecule has 0 spiro atoms. The Hall–Kier alpha value is -0.860. The summed E-state index contributed by atoms with van der Waals surface area (Å²) in [5, 5.41) is 3.54. The van der Waals surface area contributed by atoms with Crippen molar-refractivity contribution in [3.8, 4) is 0 Å². The summed E-state index contributed by atoms with van der Waals surface area (Å²) in [5.41, 5.74) is 1.46. The van der Waals surface area contributed by atoms with Gasteiger partial charge in [0, 0.05) is 19.1 Å². The Morgan fingerprint density at radius 2 is 1.95 bits per heavy atom. The summed E-state index contributed by atoms with van der Waals surface area (Å²) >= 11 is 0. The van der Waals surface area contributed by atoms with Crippen LogP contribution < -0.4 is 5.32 Å². The van der Waals surface area contributed by atoms with Crippen LogP contribution in [0, 0.1) is 5.92 Å². The Balaban J connectivity index is 2.08. The predicted molar refractivity (Wildman–Crippen MR) is 82.3 cm³/mol. The number of benzene rings is 1. The van der Waals surface area contributed by atoms with Crippen molar-refractivity contribution in [2.45, 2.75) is 39.2 Å². The molecule has 19 heavy (non-hydrogen) atoms. The molecule has 1 saturated carbocycles. The largest absolute Gasteiger partial charge is 0.315 e. The van der Waals surface area contributed by atoms with Crippen LogP contribution in [0.3, 0.4) is 0 Å². The van der Waals surface area contributed by atoms with Crippen LogP contribution in [-0.2, 0) is 0 Å². The summed E-state index contributed by atoms with van der Waals surface area (Å²) in [4.78, 5) is 2.69. The molecule has 1 unspecified atom stereocenters. The first-order valence-electron chi connectivity index (χ1n) is 7.84. The molecular weight excluding hydrogens is 232 g/mol. The molecule has 1 aromatic carbocycles. The van der Waals surface area contributed by atoms with E-state index in [4.69, 9.17) is 0 Å². The molecule has 1 N–H and O–H groups in total. The van der Waals surface area contributed by atoms with E-state index < -0.39 is 0 Å². The third-order valence-electron chi connectivity index (χ3n) is 3.91. The summed E-state index contributed by atoms with van der Waals surface area (Å²) in [6.45, 7) is 9.07. The normalized spacial score (nSPS) is 16.8. The molecule has 0 saturated heterocycles. The molecule has 1 aliphatic carbocycles. The summed E-state index contributed by atoms with van der Waals surface area (Å²) in [5.74, 6) is 0.958. The molecule has 106 valence electrons. The van der Waals surface area contributed by atoms with E-state index in [0.29, 0.717) is 6.04 Å². The van der Waals surface area contributed by atoms with Crippen LogP contribution in [0.15, 0.2) is 30.3 Å². The predicted octanol–water partition coefficient (Wildman–Crippen LogP) is 3.46. The first kappa shape index (κ1) is 14.5. The fraction of sp³-hybridized carbons (Fsp3) is 0.647. The average molecular weight is 260 g/mol. The second-order valence-electron chi connectivity index (χ2n) is 5.67. The summed E-state index contributed by atoms with van der Waals surface area (Å²) in [6, 6.07) is 11.5. The molecule has 1 atom stereocenters. The third kappa shape index (κ3) is 4.63. The highest BCUT2D eigenvalue weighted by Crippen LogP contribution is 2.32. The van der Waals surface area contributed by atoms with Gasteiger partial charge in [0.2, 0.25) is 0 Å². The molecule has 0 radical (unpaired) electrons. The lowest BCUT2D eigenvalue weighted by Crippen LogP contribution is -2.37. The lowest BCUT2D eigenvalue weighted by atomic mass is 10.0. The van der Waals surface area contributed by atoms with Crippen LogP contribution in [0.1, 0.15) is 44.7 Å². The molecular formula is C17H28N2. The maximum absolute atomic E-state index is 3.54. The molecule has 1 aliphatic rings. The minimum absolute atomic E-state index is 0.529. The third-order valence-corrected chi connectivity index (χ3v) is 3.91. The van der Waals surface area contributed by atoms with E-state index in [0.717, 1.165) is 19.0 Å². The van der Waals surface area contributed by atoms with Gasteiger partial charge in [-0.15, -0.1) is 0 Å². The van der Waals surface area contributed by atoms with Gasteiger partial charge in [-0.3, -0.25) is 4.90 Å². The Labute approximate surface area is 118 Å². The minimum atomic E-state index is 0.529. The highest BCUT2D eigenvalue weighted by molar-refractivity contribution is 5.19. The van der Waals surface area contributed by atoms with E-state index in [9.17, 15) is 0 Å². The van der Waals surface area contributed by atoms with Crippen molar-refractivity contribution >= 4 is 0 Å². The van der Waals surface area contributed by atoms with E-state index in [1.54, 1.807) is 0 Å². The van der Waals surface area contributed by atoms with Crippen LogP contribution in [0.4, 0.5) is 0 Å². The van der Waals surface area contributed by atoms with Crippen molar-refractivity contribution < 1.29 is 0 Å². The van der Waals surface area contributed by atoms with Crippen LogP contribution in [0.5, 0.6) is 0 Å². The van der Waals surface area contributed by atoms with E-state index >= 15 is 0 Å². The molecule has 0 bridgehead atoms. The van der Waals surface area contributed by atoms with Crippen LogP contribution in [-0.4, -0.2) is 31.1 Å². The van der Waals surface area contributed by atoms with Crippen molar-refractivity contribution in [2.75, 3.05) is 26.2 Å². The van der Waals surface area contributed by atoms with Gasteiger partial charge in [-0.2, -0.15) is 0 Å². The number of rotatable bonds is 9. The number of hydrogen-bond acceptors (Lipinski definition) is 2. The quantitative estimate of drug-likeness (QED) is 0.731. The second-order valence-corrected chi connectivity index (χ2v) is 5.67. The van der Waals surface area contributed by atoms with E-state index in [1.807, 2.05) is 0 Å². The Kier molecular flexibility index (Phi) is 5.87. The van der Waals surface area contributed by atoms with Gasteiger partial charge < -0.3 is 5.32 Å². The van der Waals surface area contributed by atoms with Crippen molar-refractivity contribution in [2.24, 2.45) is 5.92 Å². The average Bonchev–Trinajstić information content (AvgIpc) is 3.24. The number of nitrogens with zero attached hydrogens (tertiary/aromatic N) is 1. The minimum Gasteiger partial charge on any atom is -0.315 e. The number of hydrogen-bond donors (Lipinski definition) is 1. The van der Waals surface area contributed by atoms with Crippen LogP contribution in [0.2, 0.25) is 0 Å². The molecule has 0 aromatic heterocycles. The first-order valence-corrected chi connectivity index (χ1v) is 7.84.